The Kier molecular flexibility index (Phi) is 9.42. The van der Waals surface area contributed by atoms with Crippen molar-refractivity contribution in [3.05, 3.63) is 124 Å². The standard InChI is InChI=1S/C32H24Br4N6O6S2/c33-21-9-15(10-22(34)27(21)31(49(43,44)45)13-25(41-39)29(37)17-5-1-3-7-19(17)31)16-11-23(35)28(24(36)12-16)32(50(46,47)48)14-26(42-40)30(38)18-6-2-4-8-20(18)32/h1-12,37-38H,13-14,39-40H2,(H,43,44,45)(H,46,47,48). The molecule has 0 amide bonds. The highest BCUT2D eigenvalue weighted by Crippen LogP contribution is 2.53. The first-order valence-corrected chi connectivity index (χ1v) is 20.3. The lowest BCUT2D eigenvalue weighted by Crippen LogP contribution is -2.46. The van der Waals surface area contributed by atoms with Gasteiger partial charge in [-0.25, -0.2) is 0 Å². The van der Waals surface area contributed by atoms with Gasteiger partial charge in [0.2, 0.25) is 0 Å². The topological polar surface area (TPSA) is 233 Å². The molecule has 0 aromatic heterocycles. The number of rotatable bonds is 5. The molecule has 0 radical (unpaired) electrons. The van der Waals surface area contributed by atoms with Crippen molar-refractivity contribution >= 4 is 107 Å². The molecule has 0 heterocycles. The largest absolute Gasteiger partial charge is 0.323 e. The van der Waals surface area contributed by atoms with E-state index in [1.165, 1.54) is 12.1 Å². The predicted molar refractivity (Wildman–Crippen MR) is 206 cm³/mol. The summed E-state index contributed by atoms with van der Waals surface area (Å²) in [7, 11) is -9.91. The summed E-state index contributed by atoms with van der Waals surface area (Å²) in [5.74, 6) is 11.2. The third-order valence-corrected chi connectivity index (χ3v) is 14.5. The Morgan fingerprint density at radius 1 is 0.600 bits per heavy atom. The number of halogens is 4. The second-order valence-electron chi connectivity index (χ2n) is 11.6. The lowest BCUT2D eigenvalue weighted by molar-refractivity contribution is 0.444. The molecule has 12 nitrogen and oxygen atoms in total. The molecule has 18 heteroatoms. The second-order valence-corrected chi connectivity index (χ2v) is 18.3. The lowest BCUT2D eigenvalue weighted by atomic mass is 9.75. The van der Waals surface area contributed by atoms with E-state index in [0.29, 0.717) is 11.1 Å². The molecule has 4 aromatic rings. The average Bonchev–Trinajstić information content (AvgIpc) is 3.05. The van der Waals surface area contributed by atoms with E-state index in [1.807, 2.05) is 0 Å². The minimum atomic E-state index is -4.95. The van der Waals surface area contributed by atoms with Crippen LogP contribution in [0.3, 0.4) is 0 Å². The first-order chi connectivity index (χ1) is 23.4. The van der Waals surface area contributed by atoms with E-state index in [1.54, 1.807) is 60.7 Å². The van der Waals surface area contributed by atoms with Crippen molar-refractivity contribution < 1.29 is 25.9 Å². The lowest BCUT2D eigenvalue weighted by Gasteiger charge is -2.39. The Morgan fingerprint density at radius 2 is 0.900 bits per heavy atom. The van der Waals surface area contributed by atoms with Gasteiger partial charge in [0.05, 0.1) is 22.8 Å². The van der Waals surface area contributed by atoms with Gasteiger partial charge in [0, 0.05) is 53.0 Å². The Balaban J connectivity index is 1.58. The van der Waals surface area contributed by atoms with Crippen LogP contribution in [0.1, 0.15) is 46.2 Å². The Morgan fingerprint density at radius 3 is 1.18 bits per heavy atom. The Labute approximate surface area is 320 Å². The molecule has 6 rings (SSSR count). The van der Waals surface area contributed by atoms with Gasteiger partial charge in [0.1, 0.15) is 0 Å². The first-order valence-electron chi connectivity index (χ1n) is 14.3. The summed E-state index contributed by atoms with van der Waals surface area (Å²) in [6, 6.07) is 19.2. The fraction of sp³-hybridized carbons (Fsp3) is 0.125. The van der Waals surface area contributed by atoms with Gasteiger partial charge in [-0.3, -0.25) is 19.9 Å². The summed E-state index contributed by atoms with van der Waals surface area (Å²) in [6.07, 6.45) is -0.851. The molecule has 4 aromatic carbocycles. The van der Waals surface area contributed by atoms with Crippen molar-refractivity contribution in [2.24, 2.45) is 21.9 Å². The highest BCUT2D eigenvalue weighted by atomic mass is 79.9. The molecule has 0 fully saturated rings. The normalized spacial score (nSPS) is 22.4. The van der Waals surface area contributed by atoms with Gasteiger partial charge in [-0.15, -0.1) is 0 Å². The number of hydrogen-bond donors (Lipinski definition) is 6. The first kappa shape index (κ1) is 36.7. The fourth-order valence-corrected chi connectivity index (χ4v) is 13.6. The highest BCUT2D eigenvalue weighted by molar-refractivity contribution is 9.11. The fourth-order valence-electron chi connectivity index (χ4n) is 6.89. The molecule has 0 aliphatic heterocycles. The van der Waals surface area contributed by atoms with E-state index in [2.05, 4.69) is 73.9 Å². The Hall–Kier alpha value is -3.10. The summed E-state index contributed by atoms with van der Waals surface area (Å²) >= 11 is 14.2. The number of hydrazone groups is 2. The van der Waals surface area contributed by atoms with Gasteiger partial charge >= 0.3 is 0 Å². The molecular formula is C32H24Br4N6O6S2. The third-order valence-electron chi connectivity index (χ3n) is 9.09. The van der Waals surface area contributed by atoms with Gasteiger partial charge in [0.15, 0.2) is 9.49 Å². The number of nitrogens with one attached hydrogen (secondary N) is 2. The maximum absolute atomic E-state index is 13.5. The summed E-state index contributed by atoms with van der Waals surface area (Å²) in [5.41, 5.74) is 1.98. The molecule has 258 valence electrons. The number of nitrogens with zero attached hydrogens (tertiary/aromatic N) is 2. The Bertz CT molecular complexity index is 2260. The molecule has 2 aliphatic carbocycles. The van der Waals surface area contributed by atoms with Crippen molar-refractivity contribution in [3.63, 3.8) is 0 Å². The van der Waals surface area contributed by atoms with Crippen LogP contribution in [0, 0.1) is 10.8 Å². The highest BCUT2D eigenvalue weighted by Gasteiger charge is 2.55. The monoisotopic (exact) mass is 968 g/mol. The van der Waals surface area contributed by atoms with E-state index in [9.17, 15) is 25.9 Å². The molecular weight excluding hydrogens is 948 g/mol. The zero-order valence-corrected chi connectivity index (χ0v) is 33.2. The minimum absolute atomic E-state index is 0.0253. The summed E-state index contributed by atoms with van der Waals surface area (Å²) < 4.78 is 72.6. The predicted octanol–water partition coefficient (Wildman–Crippen LogP) is 6.84. The van der Waals surface area contributed by atoms with E-state index in [-0.39, 0.29) is 74.1 Å². The molecule has 0 spiro atoms. The average molecular weight is 972 g/mol. The van der Waals surface area contributed by atoms with Crippen LogP contribution in [0.15, 0.2) is 101 Å². The van der Waals surface area contributed by atoms with Gasteiger partial charge in [-0.1, -0.05) is 112 Å². The zero-order chi connectivity index (χ0) is 36.6. The summed E-state index contributed by atoms with van der Waals surface area (Å²) in [6.45, 7) is 0. The number of fused-ring (bicyclic) bond motifs is 2. The molecule has 0 saturated carbocycles. The molecule has 2 unspecified atom stereocenters. The molecule has 8 N–H and O–H groups in total. The minimum Gasteiger partial charge on any atom is -0.323 e. The molecule has 2 aliphatic rings. The second kappa shape index (κ2) is 12.8. The number of benzene rings is 4. The van der Waals surface area contributed by atoms with Gasteiger partial charge in [-0.2, -0.15) is 27.0 Å². The number of hydrogen-bond acceptors (Lipinski definition) is 10. The van der Waals surface area contributed by atoms with Crippen LogP contribution in [-0.2, 0) is 29.7 Å². The summed E-state index contributed by atoms with van der Waals surface area (Å²) in [5, 5.41) is 24.6. The zero-order valence-electron chi connectivity index (χ0n) is 25.2. The maximum Gasteiger partial charge on any atom is 0.279 e. The van der Waals surface area contributed by atoms with Crippen LogP contribution in [0.4, 0.5) is 0 Å². The van der Waals surface area contributed by atoms with Gasteiger partial charge < -0.3 is 11.7 Å². The summed E-state index contributed by atoms with van der Waals surface area (Å²) in [4.78, 5) is 0. The van der Waals surface area contributed by atoms with Crippen LogP contribution in [0.2, 0.25) is 0 Å². The molecule has 2 atom stereocenters. The number of nitrogens with two attached hydrogens (primary N) is 2. The smallest absolute Gasteiger partial charge is 0.279 e. The van der Waals surface area contributed by atoms with E-state index in [4.69, 9.17) is 22.5 Å². The van der Waals surface area contributed by atoms with Crippen LogP contribution in [-0.4, -0.2) is 48.8 Å². The van der Waals surface area contributed by atoms with Gasteiger partial charge in [0.25, 0.3) is 20.2 Å². The van der Waals surface area contributed by atoms with Crippen LogP contribution in [0.25, 0.3) is 11.1 Å². The SMILES string of the molecule is N=C1C(=NN)CC(c2c(Br)cc(-c3cc(Br)c(C4(S(=O)(=O)O)CC(=NN)C(=N)c5ccccc54)c(Br)c3)cc2Br)(S(=O)(=O)O)c2ccccc21. The van der Waals surface area contributed by atoms with Crippen molar-refractivity contribution in [1.82, 2.24) is 0 Å². The van der Waals surface area contributed by atoms with Crippen LogP contribution in [0.5, 0.6) is 0 Å². The van der Waals surface area contributed by atoms with E-state index < -0.39 is 42.6 Å². The molecule has 0 saturated heterocycles. The van der Waals surface area contributed by atoms with Crippen LogP contribution < -0.4 is 11.7 Å². The van der Waals surface area contributed by atoms with E-state index in [0.717, 1.165) is 0 Å². The van der Waals surface area contributed by atoms with E-state index >= 15 is 0 Å². The van der Waals surface area contributed by atoms with Crippen molar-refractivity contribution in [3.8, 4) is 11.1 Å². The quantitative estimate of drug-likeness (QED) is 0.0703. The molecule has 0 bridgehead atoms. The van der Waals surface area contributed by atoms with Crippen molar-refractivity contribution in [1.29, 1.82) is 10.8 Å². The van der Waals surface area contributed by atoms with Gasteiger partial charge in [-0.05, 0) is 46.5 Å². The molecule has 50 heavy (non-hydrogen) atoms. The van der Waals surface area contributed by atoms with Crippen molar-refractivity contribution in [2.45, 2.75) is 22.3 Å². The third kappa shape index (κ3) is 5.37. The maximum atomic E-state index is 13.5. The van der Waals surface area contributed by atoms with Crippen LogP contribution >= 0.6 is 63.7 Å². The van der Waals surface area contributed by atoms with Crippen molar-refractivity contribution in [2.75, 3.05) is 0 Å².